The second-order valence-electron chi connectivity index (χ2n) is 5.74. The minimum absolute atomic E-state index is 0.421. The number of anilines is 1. The first-order valence-corrected chi connectivity index (χ1v) is 8.14. The molecule has 1 radical (unpaired) electrons. The molecule has 1 N–H and O–H groups in total. The Hall–Kier alpha value is -2.04. The van der Waals surface area contributed by atoms with Crippen molar-refractivity contribution >= 4 is 5.69 Å². The van der Waals surface area contributed by atoms with Gasteiger partial charge in [-0.15, -0.1) is 0 Å². The molecule has 0 spiro atoms. The summed E-state index contributed by atoms with van der Waals surface area (Å²) in [5.41, 5.74) is 1.18. The molecule has 0 saturated carbocycles. The van der Waals surface area contributed by atoms with Crippen LogP contribution in [0.25, 0.3) is 0 Å². The molecule has 0 bridgehead atoms. The summed E-state index contributed by atoms with van der Waals surface area (Å²) in [4.78, 5) is 4.36. The van der Waals surface area contributed by atoms with Crippen molar-refractivity contribution in [2.24, 2.45) is 0 Å². The van der Waals surface area contributed by atoms with Gasteiger partial charge in [-0.1, -0.05) is 30.3 Å². The summed E-state index contributed by atoms with van der Waals surface area (Å²) in [7, 11) is 0. The maximum Gasteiger partial charge on any atom is 0.125 e. The molecule has 3 rings (SSSR count). The molecule has 1 saturated heterocycles. The maximum atomic E-state index is 10.4. The Morgan fingerprint density at radius 3 is 2.61 bits per heavy atom. The Bertz CT molecular complexity index is 576. The molecule has 4 nitrogen and oxygen atoms in total. The topological polar surface area (TPSA) is 35.9 Å². The zero-order valence-corrected chi connectivity index (χ0v) is 13.3. The molecule has 0 aliphatic carbocycles. The van der Waals surface area contributed by atoms with Gasteiger partial charge in [0.2, 0.25) is 0 Å². The van der Waals surface area contributed by atoms with Crippen molar-refractivity contribution in [2.45, 2.75) is 12.6 Å². The van der Waals surface area contributed by atoms with Gasteiger partial charge in [-0.2, -0.15) is 0 Å². The van der Waals surface area contributed by atoms with E-state index in [2.05, 4.69) is 28.0 Å². The largest absolute Gasteiger partial charge is 0.494 e. The lowest BCUT2D eigenvalue weighted by Gasteiger charge is -2.39. The normalized spacial score (nSPS) is 18.8. The summed E-state index contributed by atoms with van der Waals surface area (Å²) in [6.07, 6.45) is 0.483. The summed E-state index contributed by atoms with van der Waals surface area (Å²) in [6, 6.07) is 20.8. The van der Waals surface area contributed by atoms with E-state index in [9.17, 15) is 5.11 Å². The van der Waals surface area contributed by atoms with Crippen molar-refractivity contribution in [3.05, 3.63) is 60.7 Å². The molecule has 1 aliphatic rings. The zero-order valence-electron chi connectivity index (χ0n) is 13.3. The van der Waals surface area contributed by atoms with E-state index in [-0.39, 0.29) is 0 Å². The number of benzene rings is 2. The number of hydrogen-bond acceptors (Lipinski definition) is 4. The third-order valence-corrected chi connectivity index (χ3v) is 4.13. The Labute approximate surface area is 137 Å². The van der Waals surface area contributed by atoms with Crippen molar-refractivity contribution in [2.75, 3.05) is 37.7 Å². The van der Waals surface area contributed by atoms with Gasteiger partial charge in [0.15, 0.2) is 0 Å². The Balaban J connectivity index is 1.40. The average molecular weight is 311 g/mol. The first kappa shape index (κ1) is 15.8. The fraction of sp³-hybridized carbons (Fsp3) is 0.368. The van der Waals surface area contributed by atoms with Crippen molar-refractivity contribution < 1.29 is 9.84 Å². The number of aliphatic hydroxyl groups excluding tert-OH is 1. The summed E-state index contributed by atoms with van der Waals surface area (Å²) in [5, 5.41) is 10.4. The van der Waals surface area contributed by atoms with Crippen LogP contribution in [-0.2, 0) is 0 Å². The van der Waals surface area contributed by atoms with Crippen LogP contribution in [0.3, 0.4) is 0 Å². The van der Waals surface area contributed by atoms with Crippen LogP contribution in [0.5, 0.6) is 5.75 Å². The van der Waals surface area contributed by atoms with Crippen molar-refractivity contribution in [1.82, 2.24) is 4.90 Å². The first-order chi connectivity index (χ1) is 11.3. The van der Waals surface area contributed by atoms with E-state index < -0.39 is 6.23 Å². The summed E-state index contributed by atoms with van der Waals surface area (Å²) in [5.74, 6) is 0.873. The van der Waals surface area contributed by atoms with Gasteiger partial charge in [-0.3, -0.25) is 4.90 Å². The number of rotatable bonds is 6. The Morgan fingerprint density at radius 2 is 1.87 bits per heavy atom. The highest BCUT2D eigenvalue weighted by molar-refractivity contribution is 5.46. The molecule has 0 unspecified atom stereocenters. The van der Waals surface area contributed by atoms with Gasteiger partial charge >= 0.3 is 0 Å². The lowest BCUT2D eigenvalue weighted by molar-refractivity contribution is -0.00571. The fourth-order valence-corrected chi connectivity index (χ4v) is 2.86. The third kappa shape index (κ3) is 4.47. The molecular formula is C19H23N2O2. The summed E-state index contributed by atoms with van der Waals surface area (Å²) < 4.78 is 5.68. The molecule has 2 aromatic rings. The zero-order chi connectivity index (χ0) is 15.9. The van der Waals surface area contributed by atoms with Crippen LogP contribution in [0.1, 0.15) is 6.42 Å². The molecule has 121 valence electrons. The lowest BCUT2D eigenvalue weighted by atomic mass is 10.2. The first-order valence-electron chi connectivity index (χ1n) is 8.14. The van der Waals surface area contributed by atoms with Crippen LogP contribution in [0.15, 0.2) is 54.6 Å². The molecular weight excluding hydrogens is 288 g/mol. The number of hydrogen-bond donors (Lipinski definition) is 1. The standard InChI is InChI=1S/C19H23N2O2/c22-19-16-21(17-8-3-1-4-9-17)14-13-20(19)12-7-15-23-18-10-5-2-6-11-18/h1,3-6,8-11,19,22H,7,12-16H2/t19-/m0/s1. The lowest BCUT2D eigenvalue weighted by Crippen LogP contribution is -2.53. The van der Waals surface area contributed by atoms with Crippen LogP contribution < -0.4 is 9.64 Å². The molecule has 1 atom stereocenters. The second-order valence-corrected chi connectivity index (χ2v) is 5.74. The highest BCUT2D eigenvalue weighted by Crippen LogP contribution is 2.18. The number of nitrogens with zero attached hydrogens (tertiary/aromatic N) is 2. The minimum atomic E-state index is -0.421. The van der Waals surface area contributed by atoms with Crippen LogP contribution in [0, 0.1) is 6.07 Å². The van der Waals surface area contributed by atoms with E-state index in [1.165, 1.54) is 5.69 Å². The summed E-state index contributed by atoms with van der Waals surface area (Å²) in [6.45, 7) is 3.98. The highest BCUT2D eigenvalue weighted by Gasteiger charge is 2.24. The van der Waals surface area contributed by atoms with E-state index in [1.54, 1.807) is 0 Å². The van der Waals surface area contributed by atoms with Crippen LogP contribution in [-0.4, -0.2) is 49.0 Å². The average Bonchev–Trinajstić information content (AvgIpc) is 2.61. The quantitative estimate of drug-likeness (QED) is 0.831. The number of ether oxygens (including phenoxy) is 1. The van der Waals surface area contributed by atoms with Crippen LogP contribution >= 0.6 is 0 Å². The predicted octanol–water partition coefficient (Wildman–Crippen LogP) is 2.40. The molecule has 23 heavy (non-hydrogen) atoms. The SMILES string of the molecule is O[C@H]1CN(c2ccccc2)CCN1CCCOc1cc[c]cc1. The van der Waals surface area contributed by atoms with E-state index in [1.807, 2.05) is 42.5 Å². The van der Waals surface area contributed by atoms with E-state index >= 15 is 0 Å². The van der Waals surface area contributed by atoms with Gasteiger partial charge in [0.05, 0.1) is 13.2 Å². The summed E-state index contributed by atoms with van der Waals surface area (Å²) >= 11 is 0. The van der Waals surface area contributed by atoms with Gasteiger partial charge in [0.1, 0.15) is 12.0 Å². The molecule has 2 aromatic carbocycles. The molecule has 1 fully saturated rings. The second kappa shape index (κ2) is 7.99. The fourth-order valence-electron chi connectivity index (χ4n) is 2.86. The number of β-amino-alcohol motifs (C(OH)–C–C–N with tert-alkyl or cyclic N) is 1. The Kier molecular flexibility index (Phi) is 5.51. The smallest absolute Gasteiger partial charge is 0.125 e. The van der Waals surface area contributed by atoms with Gasteiger partial charge < -0.3 is 14.7 Å². The predicted molar refractivity (Wildman–Crippen MR) is 91.6 cm³/mol. The van der Waals surface area contributed by atoms with Crippen molar-refractivity contribution in [1.29, 1.82) is 0 Å². The molecule has 4 heteroatoms. The van der Waals surface area contributed by atoms with Gasteiger partial charge in [-0.25, -0.2) is 0 Å². The molecule has 1 aliphatic heterocycles. The highest BCUT2D eigenvalue weighted by atomic mass is 16.5. The monoisotopic (exact) mass is 311 g/mol. The van der Waals surface area contributed by atoms with E-state index in [4.69, 9.17) is 4.74 Å². The van der Waals surface area contributed by atoms with Gasteiger partial charge in [-0.05, 0) is 36.8 Å². The minimum Gasteiger partial charge on any atom is -0.494 e. The third-order valence-electron chi connectivity index (χ3n) is 4.13. The number of aliphatic hydroxyl groups is 1. The van der Waals surface area contributed by atoms with Crippen molar-refractivity contribution in [3.63, 3.8) is 0 Å². The molecule has 1 heterocycles. The molecule has 0 aromatic heterocycles. The van der Waals surface area contributed by atoms with Crippen LogP contribution in [0.2, 0.25) is 0 Å². The van der Waals surface area contributed by atoms with Crippen LogP contribution in [0.4, 0.5) is 5.69 Å². The van der Waals surface area contributed by atoms with Gasteiger partial charge in [0, 0.05) is 25.3 Å². The number of piperazine rings is 1. The van der Waals surface area contributed by atoms with Crippen molar-refractivity contribution in [3.8, 4) is 5.75 Å². The maximum absolute atomic E-state index is 10.4. The van der Waals surface area contributed by atoms with E-state index in [0.717, 1.165) is 31.8 Å². The molecule has 0 amide bonds. The number of para-hydroxylation sites is 1. The van der Waals surface area contributed by atoms with E-state index in [0.29, 0.717) is 13.2 Å². The van der Waals surface area contributed by atoms with Gasteiger partial charge in [0.25, 0.3) is 0 Å². The Morgan fingerprint density at radius 1 is 1.09 bits per heavy atom.